The molecule has 0 heterocycles. The molecule has 3 nitrogen and oxygen atoms in total. The van der Waals surface area contributed by atoms with E-state index < -0.39 is 6.16 Å². The summed E-state index contributed by atoms with van der Waals surface area (Å²) in [6.45, 7) is 13.3. The van der Waals surface area contributed by atoms with Crippen LogP contribution in [0, 0.1) is 0 Å². The molecule has 134 valence electrons. The van der Waals surface area contributed by atoms with Gasteiger partial charge in [0.05, 0.1) is 0 Å². The van der Waals surface area contributed by atoms with Gasteiger partial charge < -0.3 is 9.84 Å². The molecule has 0 bridgehead atoms. The molecule has 0 atom stereocenters. The minimum absolute atomic E-state index is 0.0303. The summed E-state index contributed by atoms with van der Waals surface area (Å²) >= 11 is 0. The summed E-state index contributed by atoms with van der Waals surface area (Å²) in [7, 11) is 0. The average Bonchev–Trinajstić information content (AvgIpc) is 2.51. The molecule has 25 heavy (non-hydrogen) atoms. The maximum absolute atomic E-state index is 10.8. The Morgan fingerprint density at radius 3 is 1.92 bits per heavy atom. The summed E-state index contributed by atoms with van der Waals surface area (Å²) in [6, 6.07) is 14.5. The van der Waals surface area contributed by atoms with Gasteiger partial charge in [0.2, 0.25) is 0 Å². The highest BCUT2D eigenvalue weighted by atomic mass is 16.7. The summed E-state index contributed by atoms with van der Waals surface area (Å²) in [4.78, 5) is 10.8. The first-order valence-electron chi connectivity index (χ1n) is 8.58. The minimum Gasteiger partial charge on any atom is -0.450 e. The number of rotatable bonds is 3. The van der Waals surface area contributed by atoms with Gasteiger partial charge in [0.15, 0.2) is 0 Å². The molecular weight excluding hydrogens is 312 g/mol. The highest BCUT2D eigenvalue weighted by molar-refractivity contribution is 5.70. The highest BCUT2D eigenvalue weighted by Crippen LogP contribution is 2.35. The molecule has 0 radical (unpaired) electrons. The molecule has 3 heteroatoms. The lowest BCUT2D eigenvalue weighted by atomic mass is 9.78. The lowest BCUT2D eigenvalue weighted by molar-refractivity contribution is 0.0855. The van der Waals surface area contributed by atoms with Crippen LogP contribution in [0.15, 0.2) is 42.5 Å². The second-order valence-corrected chi connectivity index (χ2v) is 8.51. The molecule has 1 N–H and O–H groups in total. The van der Waals surface area contributed by atoms with Crippen LogP contribution in [0.5, 0.6) is 0 Å². The van der Waals surface area contributed by atoms with Crippen molar-refractivity contribution >= 4 is 6.16 Å². The van der Waals surface area contributed by atoms with E-state index in [1.165, 1.54) is 11.1 Å². The Balaban J connectivity index is 2.61. The van der Waals surface area contributed by atoms with Crippen molar-refractivity contribution in [2.24, 2.45) is 0 Å². The van der Waals surface area contributed by atoms with Gasteiger partial charge in [-0.3, -0.25) is 0 Å². The van der Waals surface area contributed by atoms with Gasteiger partial charge >= 0.3 is 6.16 Å². The molecular formula is C22H28O3. The fourth-order valence-electron chi connectivity index (χ4n) is 2.72. The van der Waals surface area contributed by atoms with E-state index in [0.29, 0.717) is 0 Å². The number of carbonyl (C=O) groups is 1. The van der Waals surface area contributed by atoms with Gasteiger partial charge in [-0.05, 0) is 38.6 Å². The predicted octanol–water partition coefficient (Wildman–Crippen LogP) is 6.14. The van der Waals surface area contributed by atoms with Crippen LogP contribution in [0.3, 0.4) is 0 Å². The number of hydrogen-bond donors (Lipinski definition) is 1. The standard InChI is InChI=1S/C22H28O3/c1-21(2,3)17-11-16(12-18(13-17)22(4,5)6)19-10-8-7-9-15(19)14-25-20(23)24/h7-13H,14H2,1-6H3,(H,23,24). The van der Waals surface area contributed by atoms with Crippen molar-refractivity contribution < 1.29 is 14.6 Å². The number of benzene rings is 2. The van der Waals surface area contributed by atoms with Gasteiger partial charge in [0.1, 0.15) is 6.61 Å². The van der Waals surface area contributed by atoms with Crippen molar-refractivity contribution in [1.82, 2.24) is 0 Å². The quantitative estimate of drug-likeness (QED) is 0.682. The molecule has 0 amide bonds. The van der Waals surface area contributed by atoms with E-state index in [9.17, 15) is 4.79 Å². The first-order valence-corrected chi connectivity index (χ1v) is 8.58. The predicted molar refractivity (Wildman–Crippen MR) is 102 cm³/mol. The van der Waals surface area contributed by atoms with E-state index in [-0.39, 0.29) is 17.4 Å². The topological polar surface area (TPSA) is 46.5 Å². The van der Waals surface area contributed by atoms with E-state index in [2.05, 4.69) is 59.7 Å². The van der Waals surface area contributed by atoms with Crippen LogP contribution in [0.1, 0.15) is 58.2 Å². The Morgan fingerprint density at radius 1 is 0.920 bits per heavy atom. The monoisotopic (exact) mass is 340 g/mol. The van der Waals surface area contributed by atoms with E-state index in [0.717, 1.165) is 16.7 Å². The second kappa shape index (κ2) is 6.91. The zero-order valence-corrected chi connectivity index (χ0v) is 16.0. The maximum Gasteiger partial charge on any atom is 0.506 e. The number of carboxylic acid groups (broad SMARTS) is 1. The Kier molecular flexibility index (Phi) is 5.26. The fraction of sp³-hybridized carbons (Fsp3) is 0.409. The second-order valence-electron chi connectivity index (χ2n) is 8.51. The number of ether oxygens (including phenoxy) is 1. The fourth-order valence-corrected chi connectivity index (χ4v) is 2.72. The third kappa shape index (κ3) is 4.85. The lowest BCUT2D eigenvalue weighted by Gasteiger charge is -2.26. The molecule has 2 aromatic rings. The average molecular weight is 340 g/mol. The minimum atomic E-state index is -1.26. The van der Waals surface area contributed by atoms with E-state index in [4.69, 9.17) is 9.84 Å². The van der Waals surface area contributed by atoms with Gasteiger partial charge in [0.25, 0.3) is 0 Å². The molecule has 2 rings (SSSR count). The van der Waals surface area contributed by atoms with Gasteiger partial charge in [0, 0.05) is 0 Å². The van der Waals surface area contributed by atoms with Gasteiger partial charge in [-0.15, -0.1) is 0 Å². The summed E-state index contributed by atoms with van der Waals surface area (Å²) in [5.74, 6) is 0. The number of hydrogen-bond acceptors (Lipinski definition) is 2. The zero-order valence-electron chi connectivity index (χ0n) is 16.0. The van der Waals surface area contributed by atoms with Crippen molar-refractivity contribution in [3.05, 3.63) is 59.2 Å². The molecule has 0 spiro atoms. The molecule has 0 aliphatic carbocycles. The van der Waals surface area contributed by atoms with Gasteiger partial charge in [-0.1, -0.05) is 84.0 Å². The molecule has 0 aromatic heterocycles. The highest BCUT2D eigenvalue weighted by Gasteiger charge is 2.21. The van der Waals surface area contributed by atoms with Crippen molar-refractivity contribution in [3.63, 3.8) is 0 Å². The van der Waals surface area contributed by atoms with E-state index >= 15 is 0 Å². The van der Waals surface area contributed by atoms with E-state index in [1.54, 1.807) is 0 Å². The summed E-state index contributed by atoms with van der Waals surface area (Å²) in [6.07, 6.45) is -1.26. The molecule has 0 aliphatic rings. The first kappa shape index (κ1) is 19.0. The van der Waals surface area contributed by atoms with Crippen molar-refractivity contribution in [2.45, 2.75) is 59.0 Å². The van der Waals surface area contributed by atoms with Crippen LogP contribution in [0.4, 0.5) is 4.79 Å². The summed E-state index contributed by atoms with van der Waals surface area (Å²) in [5.41, 5.74) is 5.58. The van der Waals surface area contributed by atoms with Crippen LogP contribution in [0.2, 0.25) is 0 Å². The Morgan fingerprint density at radius 2 is 1.44 bits per heavy atom. The molecule has 0 aliphatic heterocycles. The van der Waals surface area contributed by atoms with Crippen LogP contribution in [-0.4, -0.2) is 11.3 Å². The summed E-state index contributed by atoms with van der Waals surface area (Å²) < 4.78 is 4.80. The normalized spacial score (nSPS) is 12.1. The third-order valence-corrected chi connectivity index (χ3v) is 4.34. The Bertz CT molecular complexity index is 729. The first-order chi connectivity index (χ1) is 11.5. The third-order valence-electron chi connectivity index (χ3n) is 4.34. The van der Waals surface area contributed by atoms with Crippen LogP contribution >= 0.6 is 0 Å². The largest absolute Gasteiger partial charge is 0.506 e. The van der Waals surface area contributed by atoms with Crippen molar-refractivity contribution in [1.29, 1.82) is 0 Å². The van der Waals surface area contributed by atoms with Crippen LogP contribution in [-0.2, 0) is 22.2 Å². The summed E-state index contributed by atoms with van der Waals surface area (Å²) in [5, 5.41) is 8.82. The molecule has 0 saturated carbocycles. The smallest absolute Gasteiger partial charge is 0.450 e. The van der Waals surface area contributed by atoms with Crippen molar-refractivity contribution in [2.75, 3.05) is 0 Å². The zero-order chi connectivity index (χ0) is 18.8. The SMILES string of the molecule is CC(C)(C)c1cc(-c2ccccc2COC(=O)O)cc(C(C)(C)C)c1. The Hall–Kier alpha value is -2.29. The maximum atomic E-state index is 10.8. The molecule has 0 saturated heterocycles. The van der Waals surface area contributed by atoms with Gasteiger partial charge in [-0.2, -0.15) is 0 Å². The lowest BCUT2D eigenvalue weighted by Crippen LogP contribution is -2.16. The molecule has 0 fully saturated rings. The Labute approximate surface area is 150 Å². The van der Waals surface area contributed by atoms with Crippen LogP contribution < -0.4 is 0 Å². The molecule has 2 aromatic carbocycles. The van der Waals surface area contributed by atoms with Gasteiger partial charge in [-0.25, -0.2) is 4.79 Å². The van der Waals surface area contributed by atoms with E-state index in [1.807, 2.05) is 24.3 Å². The molecule has 0 unspecified atom stereocenters. The van der Waals surface area contributed by atoms with Crippen LogP contribution in [0.25, 0.3) is 11.1 Å². The van der Waals surface area contributed by atoms with Crippen molar-refractivity contribution in [3.8, 4) is 11.1 Å².